The average Bonchev–Trinajstić information content (AvgIpc) is 2.17. The quantitative estimate of drug-likeness (QED) is 0.593. The summed E-state index contributed by atoms with van der Waals surface area (Å²) in [6.07, 6.45) is 1.49. The highest BCUT2D eigenvalue weighted by molar-refractivity contribution is 5.00. The highest BCUT2D eigenvalue weighted by atomic mass is 16.5. The van der Waals surface area contributed by atoms with E-state index in [1.54, 1.807) is 0 Å². The molecule has 0 aliphatic rings. The van der Waals surface area contributed by atoms with Gasteiger partial charge in [0.25, 0.3) is 0 Å². The molecule has 0 fully saturated rings. The first-order valence-electron chi connectivity index (χ1n) is 2.73. The number of imidazole rings is 1. The topological polar surface area (TPSA) is 57.9 Å². The van der Waals surface area contributed by atoms with E-state index >= 15 is 0 Å². The lowest BCUT2D eigenvalue weighted by molar-refractivity contribution is 0.328. The lowest BCUT2D eigenvalue weighted by atomic mass is 10.8. The van der Waals surface area contributed by atoms with Gasteiger partial charge in [0.15, 0.2) is 0 Å². The zero-order valence-electron chi connectivity index (χ0n) is 5.10. The third-order valence-electron chi connectivity index (χ3n) is 0.871. The minimum Gasteiger partial charge on any atom is -0.478 e. The number of rotatable bonds is 2. The maximum atomic E-state index is 10.4. The van der Waals surface area contributed by atoms with Crippen LogP contribution in [0, 0.1) is 0 Å². The summed E-state index contributed by atoms with van der Waals surface area (Å²) >= 11 is 0. The van der Waals surface area contributed by atoms with Crippen LogP contribution in [0.2, 0.25) is 0 Å². The third-order valence-corrected chi connectivity index (χ3v) is 0.871. The molecular formula is C5H8N2O2. The second-order valence-corrected chi connectivity index (χ2v) is 1.54. The summed E-state index contributed by atoms with van der Waals surface area (Å²) in [5.41, 5.74) is -0.238. The van der Waals surface area contributed by atoms with Crippen LogP contribution in [0.25, 0.3) is 0 Å². The normalized spacial score (nSPS) is 9.44. The fraction of sp³-hybridized carbons (Fsp3) is 0.400. The molecule has 0 spiro atoms. The van der Waals surface area contributed by atoms with E-state index in [-0.39, 0.29) is 5.69 Å². The maximum Gasteiger partial charge on any atom is 0.325 e. The van der Waals surface area contributed by atoms with Crippen LogP contribution in [-0.4, -0.2) is 16.6 Å². The third kappa shape index (κ3) is 1.35. The molecule has 0 atom stereocenters. The molecule has 0 unspecified atom stereocenters. The first-order valence-corrected chi connectivity index (χ1v) is 2.73. The summed E-state index contributed by atoms with van der Waals surface area (Å²) in [5, 5.41) is 0. The van der Waals surface area contributed by atoms with Crippen molar-refractivity contribution < 1.29 is 4.74 Å². The van der Waals surface area contributed by atoms with Crippen LogP contribution in [-0.2, 0) is 0 Å². The molecule has 0 aromatic carbocycles. The lowest BCUT2D eigenvalue weighted by Gasteiger charge is -1.93. The van der Waals surface area contributed by atoms with Crippen molar-refractivity contribution in [1.29, 1.82) is 0 Å². The first-order chi connectivity index (χ1) is 4.33. The Labute approximate surface area is 51.9 Å². The number of ether oxygens (including phenoxy) is 1. The van der Waals surface area contributed by atoms with Crippen molar-refractivity contribution in [2.75, 3.05) is 6.61 Å². The molecule has 50 valence electrons. The number of nitrogens with one attached hydrogen (secondary N) is 2. The van der Waals surface area contributed by atoms with Gasteiger partial charge in [0.05, 0.1) is 12.8 Å². The van der Waals surface area contributed by atoms with E-state index in [0.29, 0.717) is 12.5 Å². The molecule has 0 radical (unpaired) electrons. The first kappa shape index (κ1) is 5.94. The molecule has 0 bridgehead atoms. The number of aromatic amines is 2. The fourth-order valence-electron chi connectivity index (χ4n) is 0.548. The molecule has 0 aliphatic heterocycles. The molecule has 0 aliphatic carbocycles. The molecule has 9 heavy (non-hydrogen) atoms. The van der Waals surface area contributed by atoms with Gasteiger partial charge in [-0.25, -0.2) is 4.79 Å². The number of H-pyrrole nitrogens is 2. The van der Waals surface area contributed by atoms with Gasteiger partial charge in [-0.2, -0.15) is 0 Å². The molecule has 0 saturated heterocycles. The summed E-state index contributed by atoms with van der Waals surface area (Å²) in [6, 6.07) is 0. The van der Waals surface area contributed by atoms with Gasteiger partial charge in [0.1, 0.15) is 0 Å². The summed E-state index contributed by atoms with van der Waals surface area (Å²) < 4.78 is 4.94. The van der Waals surface area contributed by atoms with E-state index in [1.807, 2.05) is 6.92 Å². The van der Waals surface area contributed by atoms with E-state index in [4.69, 9.17) is 4.74 Å². The van der Waals surface area contributed by atoms with Crippen molar-refractivity contribution >= 4 is 0 Å². The summed E-state index contributed by atoms with van der Waals surface area (Å²) in [5.74, 6) is 0.488. The number of hydrogen-bond donors (Lipinski definition) is 2. The van der Waals surface area contributed by atoms with E-state index in [2.05, 4.69) is 9.97 Å². The second kappa shape index (κ2) is 2.39. The van der Waals surface area contributed by atoms with Gasteiger partial charge < -0.3 is 9.72 Å². The van der Waals surface area contributed by atoms with Crippen molar-refractivity contribution in [1.82, 2.24) is 9.97 Å². The predicted octanol–water partition coefficient (Wildman–Crippen LogP) is 0.102. The minimum atomic E-state index is -0.238. The van der Waals surface area contributed by atoms with Crippen molar-refractivity contribution in [3.05, 3.63) is 16.7 Å². The van der Waals surface area contributed by atoms with Gasteiger partial charge in [-0.15, -0.1) is 0 Å². The molecule has 4 nitrogen and oxygen atoms in total. The summed E-state index contributed by atoms with van der Waals surface area (Å²) in [7, 11) is 0. The number of hydrogen-bond acceptors (Lipinski definition) is 2. The zero-order chi connectivity index (χ0) is 6.69. The van der Waals surface area contributed by atoms with Crippen molar-refractivity contribution in [3.63, 3.8) is 0 Å². The monoisotopic (exact) mass is 128 g/mol. The largest absolute Gasteiger partial charge is 0.478 e. The van der Waals surface area contributed by atoms with Crippen LogP contribution in [0.3, 0.4) is 0 Å². The Bertz CT molecular complexity index is 225. The van der Waals surface area contributed by atoms with Crippen molar-refractivity contribution in [2.45, 2.75) is 6.92 Å². The fourth-order valence-corrected chi connectivity index (χ4v) is 0.548. The summed E-state index contributed by atoms with van der Waals surface area (Å²) in [4.78, 5) is 15.2. The van der Waals surface area contributed by atoms with Gasteiger partial charge in [0.2, 0.25) is 5.88 Å². The SMILES string of the molecule is CCOc1c[nH]c(=O)[nH]1. The van der Waals surface area contributed by atoms with E-state index < -0.39 is 0 Å². The van der Waals surface area contributed by atoms with E-state index in [9.17, 15) is 4.79 Å². The minimum absolute atomic E-state index is 0.238. The Morgan fingerprint density at radius 2 is 2.56 bits per heavy atom. The molecule has 0 amide bonds. The van der Waals surface area contributed by atoms with Crippen LogP contribution in [0.5, 0.6) is 5.88 Å². The van der Waals surface area contributed by atoms with Crippen LogP contribution in [0.4, 0.5) is 0 Å². The Morgan fingerprint density at radius 1 is 1.78 bits per heavy atom. The van der Waals surface area contributed by atoms with Crippen LogP contribution >= 0.6 is 0 Å². The lowest BCUT2D eigenvalue weighted by Crippen LogP contribution is -2.01. The Balaban J connectivity index is 2.73. The van der Waals surface area contributed by atoms with Gasteiger partial charge in [-0.3, -0.25) is 4.98 Å². The molecule has 1 aromatic rings. The van der Waals surface area contributed by atoms with Crippen LogP contribution in [0.1, 0.15) is 6.92 Å². The van der Waals surface area contributed by atoms with E-state index in [1.165, 1.54) is 6.20 Å². The molecule has 2 N–H and O–H groups in total. The van der Waals surface area contributed by atoms with Gasteiger partial charge in [-0.1, -0.05) is 0 Å². The molecule has 1 heterocycles. The Morgan fingerprint density at radius 3 is 3.00 bits per heavy atom. The van der Waals surface area contributed by atoms with Gasteiger partial charge >= 0.3 is 5.69 Å². The highest BCUT2D eigenvalue weighted by Crippen LogP contribution is 1.96. The predicted molar refractivity (Wildman–Crippen MR) is 32.6 cm³/mol. The molecular weight excluding hydrogens is 120 g/mol. The number of aromatic nitrogens is 2. The summed E-state index contributed by atoms with van der Waals surface area (Å²) in [6.45, 7) is 2.42. The maximum absolute atomic E-state index is 10.4. The average molecular weight is 128 g/mol. The Hall–Kier alpha value is -1.19. The van der Waals surface area contributed by atoms with Crippen LogP contribution in [0.15, 0.2) is 11.0 Å². The van der Waals surface area contributed by atoms with E-state index in [0.717, 1.165) is 0 Å². The van der Waals surface area contributed by atoms with Crippen LogP contribution < -0.4 is 10.4 Å². The Kier molecular flexibility index (Phi) is 1.58. The molecule has 4 heteroatoms. The van der Waals surface area contributed by atoms with Gasteiger partial charge in [0, 0.05) is 0 Å². The smallest absolute Gasteiger partial charge is 0.325 e. The molecule has 0 saturated carbocycles. The van der Waals surface area contributed by atoms with Crippen molar-refractivity contribution in [2.24, 2.45) is 0 Å². The van der Waals surface area contributed by atoms with Crippen molar-refractivity contribution in [3.8, 4) is 5.88 Å². The molecule has 1 rings (SSSR count). The zero-order valence-corrected chi connectivity index (χ0v) is 5.10. The van der Waals surface area contributed by atoms with Gasteiger partial charge in [-0.05, 0) is 6.92 Å². The molecule has 1 aromatic heterocycles. The second-order valence-electron chi connectivity index (χ2n) is 1.54. The standard InChI is InChI=1S/C5H8N2O2/c1-2-9-4-3-6-5(8)7-4/h3H,2H2,1H3,(H2,6,7,8). The highest BCUT2D eigenvalue weighted by Gasteiger charge is 1.90.